The third-order valence-electron chi connectivity index (χ3n) is 3.28. The summed E-state index contributed by atoms with van der Waals surface area (Å²) in [6, 6.07) is 7.24. The van der Waals surface area contributed by atoms with Gasteiger partial charge in [-0.05, 0) is 24.3 Å². The molecule has 0 aliphatic rings. The second kappa shape index (κ2) is 9.61. The van der Waals surface area contributed by atoms with E-state index in [1.807, 2.05) is 0 Å². The number of hydrogen-bond donors (Lipinski definition) is 2. The minimum atomic E-state index is -4.51. The van der Waals surface area contributed by atoms with E-state index in [1.165, 1.54) is 36.5 Å². The molecular formula is C17H14Cl2F3N3O3. The number of halogens is 5. The van der Waals surface area contributed by atoms with Crippen molar-refractivity contribution >= 4 is 35.0 Å². The van der Waals surface area contributed by atoms with Gasteiger partial charge in [-0.2, -0.15) is 13.2 Å². The van der Waals surface area contributed by atoms with Crippen LogP contribution < -0.4 is 15.4 Å². The summed E-state index contributed by atoms with van der Waals surface area (Å²) in [6.45, 7) is -1.99. The molecule has 150 valence electrons. The summed E-state index contributed by atoms with van der Waals surface area (Å²) in [6.07, 6.45) is -3.24. The predicted molar refractivity (Wildman–Crippen MR) is 96.4 cm³/mol. The van der Waals surface area contributed by atoms with Crippen LogP contribution in [0.3, 0.4) is 0 Å². The molecule has 1 aromatic heterocycles. The molecule has 1 heterocycles. The summed E-state index contributed by atoms with van der Waals surface area (Å²) >= 11 is 11.7. The SMILES string of the molecule is O=C(CNC(=O)c1ccc(Cl)cc1Cl)NCc1cccnc1OCC(F)(F)F. The van der Waals surface area contributed by atoms with E-state index in [1.54, 1.807) is 0 Å². The number of alkyl halides is 3. The maximum absolute atomic E-state index is 12.3. The quantitative estimate of drug-likeness (QED) is 0.698. The van der Waals surface area contributed by atoms with Gasteiger partial charge in [-0.15, -0.1) is 0 Å². The summed E-state index contributed by atoms with van der Waals surface area (Å²) in [5.74, 6) is -1.38. The van der Waals surface area contributed by atoms with Gasteiger partial charge in [0.25, 0.3) is 5.91 Å². The highest BCUT2D eigenvalue weighted by atomic mass is 35.5. The fourth-order valence-corrected chi connectivity index (χ4v) is 2.52. The second-order valence-electron chi connectivity index (χ2n) is 5.46. The Labute approximate surface area is 168 Å². The molecule has 0 saturated heterocycles. The van der Waals surface area contributed by atoms with Crippen molar-refractivity contribution < 1.29 is 27.5 Å². The molecule has 0 radical (unpaired) electrons. The van der Waals surface area contributed by atoms with Gasteiger partial charge in [-0.1, -0.05) is 29.3 Å². The lowest BCUT2D eigenvalue weighted by molar-refractivity contribution is -0.154. The van der Waals surface area contributed by atoms with Crippen LogP contribution >= 0.6 is 23.2 Å². The fraction of sp³-hybridized carbons (Fsp3) is 0.235. The van der Waals surface area contributed by atoms with E-state index in [2.05, 4.69) is 20.4 Å². The standard InChI is InChI=1S/C17H14Cl2F3N3O3/c18-11-3-4-12(13(19)6-11)15(27)25-8-14(26)24-7-10-2-1-5-23-16(10)28-9-17(20,21)22/h1-6H,7-9H2,(H,24,26)(H,25,27). The lowest BCUT2D eigenvalue weighted by Crippen LogP contribution is -2.36. The number of pyridine rings is 1. The summed E-state index contributed by atoms with van der Waals surface area (Å²) in [7, 11) is 0. The summed E-state index contributed by atoms with van der Waals surface area (Å²) in [5.41, 5.74) is 0.404. The number of ether oxygens (including phenoxy) is 1. The maximum atomic E-state index is 12.3. The molecule has 0 spiro atoms. The van der Waals surface area contributed by atoms with Crippen LogP contribution in [0.15, 0.2) is 36.5 Å². The van der Waals surface area contributed by atoms with Crippen molar-refractivity contribution in [2.45, 2.75) is 12.7 Å². The van der Waals surface area contributed by atoms with Crippen LogP contribution in [0.4, 0.5) is 13.2 Å². The number of benzene rings is 1. The van der Waals surface area contributed by atoms with E-state index in [0.717, 1.165) is 0 Å². The smallest absolute Gasteiger partial charge is 0.422 e. The number of hydrogen-bond acceptors (Lipinski definition) is 4. The largest absolute Gasteiger partial charge is 0.468 e. The van der Waals surface area contributed by atoms with Gasteiger partial charge in [-0.25, -0.2) is 4.98 Å². The van der Waals surface area contributed by atoms with Crippen LogP contribution in [-0.4, -0.2) is 36.1 Å². The summed E-state index contributed by atoms with van der Waals surface area (Å²) in [5, 5.41) is 5.33. The molecule has 11 heteroatoms. The molecule has 0 aliphatic heterocycles. The van der Waals surface area contributed by atoms with E-state index in [4.69, 9.17) is 23.2 Å². The molecular weight excluding hydrogens is 422 g/mol. The number of nitrogens with zero attached hydrogens (tertiary/aromatic N) is 1. The first-order chi connectivity index (χ1) is 13.2. The molecule has 2 rings (SSSR count). The lowest BCUT2D eigenvalue weighted by atomic mass is 10.2. The summed E-state index contributed by atoms with van der Waals surface area (Å²) in [4.78, 5) is 27.7. The Morgan fingerprint density at radius 3 is 2.57 bits per heavy atom. The van der Waals surface area contributed by atoms with Crippen molar-refractivity contribution in [1.82, 2.24) is 15.6 Å². The molecule has 0 aliphatic carbocycles. The van der Waals surface area contributed by atoms with Gasteiger partial charge in [0, 0.05) is 23.3 Å². The Morgan fingerprint density at radius 2 is 1.89 bits per heavy atom. The topological polar surface area (TPSA) is 80.3 Å². The van der Waals surface area contributed by atoms with E-state index >= 15 is 0 Å². The summed E-state index contributed by atoms with van der Waals surface area (Å²) < 4.78 is 41.5. The number of nitrogens with one attached hydrogen (secondary N) is 2. The van der Waals surface area contributed by atoms with Gasteiger partial charge in [0.1, 0.15) is 0 Å². The Kier molecular flexibility index (Phi) is 7.47. The first-order valence-corrected chi connectivity index (χ1v) is 8.54. The average Bonchev–Trinajstić information content (AvgIpc) is 2.62. The Bertz CT molecular complexity index is 863. The van der Waals surface area contributed by atoms with E-state index in [0.29, 0.717) is 5.02 Å². The van der Waals surface area contributed by atoms with Crippen molar-refractivity contribution in [3.8, 4) is 5.88 Å². The zero-order valence-electron chi connectivity index (χ0n) is 14.1. The molecule has 0 bridgehead atoms. The molecule has 2 aromatic rings. The van der Waals surface area contributed by atoms with Crippen LogP contribution in [0.2, 0.25) is 10.0 Å². The van der Waals surface area contributed by atoms with Crippen LogP contribution in [0.1, 0.15) is 15.9 Å². The zero-order chi connectivity index (χ0) is 20.7. The molecule has 0 unspecified atom stereocenters. The predicted octanol–water partition coefficient (Wildman–Crippen LogP) is 3.38. The highest BCUT2D eigenvalue weighted by Gasteiger charge is 2.29. The number of amides is 2. The monoisotopic (exact) mass is 435 g/mol. The van der Waals surface area contributed by atoms with Gasteiger partial charge in [0.2, 0.25) is 11.8 Å². The van der Waals surface area contributed by atoms with Crippen LogP contribution in [0, 0.1) is 0 Å². The van der Waals surface area contributed by atoms with Crippen molar-refractivity contribution in [1.29, 1.82) is 0 Å². The molecule has 2 amide bonds. The highest BCUT2D eigenvalue weighted by molar-refractivity contribution is 6.36. The molecule has 2 N–H and O–H groups in total. The first kappa shape index (κ1) is 21.8. The van der Waals surface area contributed by atoms with Crippen molar-refractivity contribution in [2.24, 2.45) is 0 Å². The van der Waals surface area contributed by atoms with Crippen molar-refractivity contribution in [3.05, 3.63) is 57.7 Å². The second-order valence-corrected chi connectivity index (χ2v) is 6.30. The van der Waals surface area contributed by atoms with Gasteiger partial charge < -0.3 is 15.4 Å². The van der Waals surface area contributed by atoms with Crippen LogP contribution in [0.25, 0.3) is 0 Å². The molecule has 1 aromatic carbocycles. The normalized spacial score (nSPS) is 11.0. The third-order valence-corrected chi connectivity index (χ3v) is 3.83. The van der Waals surface area contributed by atoms with Crippen LogP contribution in [0.5, 0.6) is 5.88 Å². The van der Waals surface area contributed by atoms with Gasteiger partial charge in [0.05, 0.1) is 17.1 Å². The highest BCUT2D eigenvalue weighted by Crippen LogP contribution is 2.21. The van der Waals surface area contributed by atoms with E-state index in [9.17, 15) is 22.8 Å². The van der Waals surface area contributed by atoms with Gasteiger partial charge >= 0.3 is 6.18 Å². The Morgan fingerprint density at radius 1 is 1.14 bits per heavy atom. The first-order valence-electron chi connectivity index (χ1n) is 7.79. The zero-order valence-corrected chi connectivity index (χ0v) is 15.7. The third kappa shape index (κ3) is 6.90. The molecule has 6 nitrogen and oxygen atoms in total. The molecule has 28 heavy (non-hydrogen) atoms. The van der Waals surface area contributed by atoms with Gasteiger partial charge in [0.15, 0.2) is 6.61 Å². The average molecular weight is 436 g/mol. The number of aromatic nitrogens is 1. The lowest BCUT2D eigenvalue weighted by Gasteiger charge is -2.12. The number of carbonyl (C=O) groups is 2. The van der Waals surface area contributed by atoms with Crippen molar-refractivity contribution in [2.75, 3.05) is 13.2 Å². The number of rotatable bonds is 7. The minimum absolute atomic E-state index is 0.128. The fourth-order valence-electron chi connectivity index (χ4n) is 2.02. The Balaban J connectivity index is 1.86. The molecule has 0 fully saturated rings. The van der Waals surface area contributed by atoms with Crippen molar-refractivity contribution in [3.63, 3.8) is 0 Å². The maximum Gasteiger partial charge on any atom is 0.422 e. The molecule has 0 saturated carbocycles. The van der Waals surface area contributed by atoms with Gasteiger partial charge in [-0.3, -0.25) is 9.59 Å². The molecule has 0 atom stereocenters. The Hall–Kier alpha value is -2.52. The van der Waals surface area contributed by atoms with E-state index < -0.39 is 24.6 Å². The number of carbonyl (C=O) groups excluding carboxylic acids is 2. The van der Waals surface area contributed by atoms with E-state index in [-0.39, 0.29) is 35.1 Å². The van der Waals surface area contributed by atoms with Crippen LogP contribution in [-0.2, 0) is 11.3 Å². The minimum Gasteiger partial charge on any atom is -0.468 e.